The van der Waals surface area contributed by atoms with Crippen LogP contribution in [0.5, 0.6) is 0 Å². The summed E-state index contributed by atoms with van der Waals surface area (Å²) < 4.78 is 5.94. The topological polar surface area (TPSA) is 58.4 Å². The minimum atomic E-state index is -0.208. The molecule has 2 aromatic rings. The minimum absolute atomic E-state index is 0.0840. The van der Waals surface area contributed by atoms with Crippen LogP contribution < -0.4 is 5.32 Å². The Kier molecular flexibility index (Phi) is 4.63. The standard InChI is InChI=1S/C19H27N3O2/c1-13(17(23)21-19(2,3)4)22-11-7-8-14(12-22)18-20-15-9-5-6-10-16(15)24-18/h5-6,9-10,13-14H,7-8,11-12H2,1-4H3,(H,21,23). The number of carbonyl (C=O) groups is 1. The van der Waals surface area contributed by atoms with Gasteiger partial charge in [-0.05, 0) is 59.2 Å². The van der Waals surface area contributed by atoms with E-state index in [4.69, 9.17) is 4.42 Å². The molecule has 1 N–H and O–H groups in total. The Morgan fingerprint density at radius 2 is 2.12 bits per heavy atom. The number of oxazole rings is 1. The highest BCUT2D eigenvalue weighted by Crippen LogP contribution is 2.29. The van der Waals surface area contributed by atoms with Crippen LogP contribution in [0, 0.1) is 0 Å². The van der Waals surface area contributed by atoms with Crippen LogP contribution >= 0.6 is 0 Å². The molecule has 2 unspecified atom stereocenters. The van der Waals surface area contributed by atoms with Crippen molar-refractivity contribution in [2.45, 2.75) is 58.0 Å². The third kappa shape index (κ3) is 3.78. The van der Waals surface area contributed by atoms with Crippen molar-refractivity contribution in [2.75, 3.05) is 13.1 Å². The smallest absolute Gasteiger partial charge is 0.237 e. The van der Waals surface area contributed by atoms with Crippen molar-refractivity contribution in [3.63, 3.8) is 0 Å². The minimum Gasteiger partial charge on any atom is -0.440 e. The number of piperidine rings is 1. The van der Waals surface area contributed by atoms with E-state index in [2.05, 4.69) is 15.2 Å². The average molecular weight is 329 g/mol. The largest absolute Gasteiger partial charge is 0.440 e. The molecule has 24 heavy (non-hydrogen) atoms. The van der Waals surface area contributed by atoms with Gasteiger partial charge in [-0.3, -0.25) is 9.69 Å². The summed E-state index contributed by atoms with van der Waals surface area (Å²) in [6, 6.07) is 7.72. The van der Waals surface area contributed by atoms with E-state index in [-0.39, 0.29) is 23.4 Å². The van der Waals surface area contributed by atoms with Crippen molar-refractivity contribution < 1.29 is 9.21 Å². The van der Waals surface area contributed by atoms with Crippen molar-refractivity contribution in [2.24, 2.45) is 0 Å². The first-order valence-electron chi connectivity index (χ1n) is 8.75. The molecule has 1 aliphatic heterocycles. The molecule has 5 heteroatoms. The molecular formula is C19H27N3O2. The molecule has 1 fully saturated rings. The number of aromatic nitrogens is 1. The van der Waals surface area contributed by atoms with Crippen molar-refractivity contribution in [3.8, 4) is 0 Å². The molecule has 0 radical (unpaired) electrons. The zero-order chi connectivity index (χ0) is 17.3. The quantitative estimate of drug-likeness (QED) is 0.938. The summed E-state index contributed by atoms with van der Waals surface area (Å²) in [4.78, 5) is 19.3. The molecule has 1 amide bonds. The second-order valence-electron chi connectivity index (χ2n) is 7.77. The van der Waals surface area contributed by atoms with Gasteiger partial charge in [-0.15, -0.1) is 0 Å². The van der Waals surface area contributed by atoms with Gasteiger partial charge in [0.05, 0.1) is 6.04 Å². The number of carbonyl (C=O) groups excluding carboxylic acids is 1. The Labute approximate surface area is 143 Å². The maximum absolute atomic E-state index is 12.5. The highest BCUT2D eigenvalue weighted by molar-refractivity contribution is 5.82. The first-order valence-corrected chi connectivity index (χ1v) is 8.75. The molecule has 1 aromatic heterocycles. The van der Waals surface area contributed by atoms with Gasteiger partial charge in [0.25, 0.3) is 0 Å². The molecule has 0 saturated carbocycles. The normalized spacial score (nSPS) is 20.9. The Bertz CT molecular complexity index is 684. The second-order valence-corrected chi connectivity index (χ2v) is 7.77. The number of amides is 1. The summed E-state index contributed by atoms with van der Waals surface area (Å²) in [5, 5.41) is 3.07. The number of hydrogen-bond acceptors (Lipinski definition) is 4. The lowest BCUT2D eigenvalue weighted by atomic mass is 9.96. The lowest BCUT2D eigenvalue weighted by Gasteiger charge is -2.36. The molecule has 0 bridgehead atoms. The fourth-order valence-corrected chi connectivity index (χ4v) is 3.26. The lowest BCUT2D eigenvalue weighted by molar-refractivity contribution is -0.127. The molecule has 0 aliphatic carbocycles. The Balaban J connectivity index is 1.70. The van der Waals surface area contributed by atoms with E-state index in [0.717, 1.165) is 42.9 Å². The molecule has 1 aliphatic rings. The number of benzene rings is 1. The summed E-state index contributed by atoms with van der Waals surface area (Å²) in [5.41, 5.74) is 1.53. The van der Waals surface area contributed by atoms with Crippen LogP contribution in [-0.2, 0) is 4.79 Å². The summed E-state index contributed by atoms with van der Waals surface area (Å²) in [6.45, 7) is 9.76. The van der Waals surface area contributed by atoms with E-state index < -0.39 is 0 Å². The molecule has 0 spiro atoms. The molecule has 3 rings (SSSR count). The van der Waals surface area contributed by atoms with Crippen LogP contribution in [0.15, 0.2) is 28.7 Å². The van der Waals surface area contributed by atoms with E-state index in [1.165, 1.54) is 0 Å². The molecule has 2 atom stereocenters. The van der Waals surface area contributed by atoms with Gasteiger partial charge < -0.3 is 9.73 Å². The summed E-state index contributed by atoms with van der Waals surface area (Å²) in [5.74, 6) is 1.13. The predicted molar refractivity (Wildman–Crippen MR) is 94.9 cm³/mol. The van der Waals surface area contributed by atoms with Gasteiger partial charge >= 0.3 is 0 Å². The van der Waals surface area contributed by atoms with Gasteiger partial charge in [0.1, 0.15) is 5.52 Å². The maximum Gasteiger partial charge on any atom is 0.237 e. The molecule has 2 heterocycles. The Hall–Kier alpha value is -1.88. The van der Waals surface area contributed by atoms with Gasteiger partial charge in [0, 0.05) is 18.0 Å². The van der Waals surface area contributed by atoms with Crippen LogP contribution in [0.3, 0.4) is 0 Å². The monoisotopic (exact) mass is 329 g/mol. The van der Waals surface area contributed by atoms with Gasteiger partial charge in [0.2, 0.25) is 5.91 Å². The number of nitrogens with zero attached hydrogens (tertiary/aromatic N) is 2. The zero-order valence-electron chi connectivity index (χ0n) is 15.0. The van der Waals surface area contributed by atoms with E-state index in [1.807, 2.05) is 52.0 Å². The summed E-state index contributed by atoms with van der Waals surface area (Å²) in [7, 11) is 0. The first kappa shape index (κ1) is 17.0. The summed E-state index contributed by atoms with van der Waals surface area (Å²) in [6.07, 6.45) is 2.10. The van der Waals surface area contributed by atoms with Crippen LogP contribution in [0.25, 0.3) is 11.1 Å². The summed E-state index contributed by atoms with van der Waals surface area (Å²) >= 11 is 0. The second kappa shape index (κ2) is 6.55. The number of para-hydroxylation sites is 2. The number of rotatable bonds is 3. The van der Waals surface area contributed by atoms with Gasteiger partial charge in [-0.1, -0.05) is 12.1 Å². The lowest BCUT2D eigenvalue weighted by Crippen LogP contribution is -2.52. The zero-order valence-corrected chi connectivity index (χ0v) is 15.0. The third-order valence-corrected chi connectivity index (χ3v) is 4.54. The number of fused-ring (bicyclic) bond motifs is 1. The third-order valence-electron chi connectivity index (χ3n) is 4.54. The van der Waals surface area contributed by atoms with Crippen LogP contribution in [0.1, 0.15) is 52.3 Å². The molecule has 130 valence electrons. The van der Waals surface area contributed by atoms with Gasteiger partial charge in [0.15, 0.2) is 11.5 Å². The maximum atomic E-state index is 12.5. The number of nitrogens with one attached hydrogen (secondary N) is 1. The van der Waals surface area contributed by atoms with Crippen molar-refractivity contribution in [1.29, 1.82) is 0 Å². The van der Waals surface area contributed by atoms with Gasteiger partial charge in [-0.2, -0.15) is 0 Å². The van der Waals surface area contributed by atoms with Gasteiger partial charge in [-0.25, -0.2) is 4.98 Å². The Morgan fingerprint density at radius 3 is 2.83 bits per heavy atom. The number of likely N-dealkylation sites (tertiary alicyclic amines) is 1. The van der Waals surface area contributed by atoms with E-state index >= 15 is 0 Å². The molecule has 1 saturated heterocycles. The van der Waals surface area contributed by atoms with E-state index in [0.29, 0.717) is 0 Å². The van der Waals surface area contributed by atoms with E-state index in [1.54, 1.807) is 0 Å². The van der Waals surface area contributed by atoms with Crippen LogP contribution in [-0.4, -0.2) is 40.5 Å². The van der Waals surface area contributed by atoms with Crippen molar-refractivity contribution in [3.05, 3.63) is 30.2 Å². The highest BCUT2D eigenvalue weighted by Gasteiger charge is 2.31. The predicted octanol–water partition coefficient (Wildman–Crippen LogP) is 3.31. The molecule has 1 aromatic carbocycles. The highest BCUT2D eigenvalue weighted by atomic mass is 16.3. The van der Waals surface area contributed by atoms with Crippen LogP contribution in [0.2, 0.25) is 0 Å². The Morgan fingerprint density at radius 1 is 1.38 bits per heavy atom. The number of hydrogen-bond donors (Lipinski definition) is 1. The first-order chi connectivity index (χ1) is 11.3. The molecular weight excluding hydrogens is 302 g/mol. The SMILES string of the molecule is CC(C(=O)NC(C)(C)C)N1CCCC(c2nc3ccccc3o2)C1. The van der Waals surface area contributed by atoms with E-state index in [9.17, 15) is 4.79 Å². The fraction of sp³-hybridized carbons (Fsp3) is 0.579. The fourth-order valence-electron chi connectivity index (χ4n) is 3.26. The van der Waals surface area contributed by atoms with Crippen LogP contribution in [0.4, 0.5) is 0 Å². The average Bonchev–Trinajstić information content (AvgIpc) is 2.96. The van der Waals surface area contributed by atoms with Crippen molar-refractivity contribution in [1.82, 2.24) is 15.2 Å². The molecule has 5 nitrogen and oxygen atoms in total. The van der Waals surface area contributed by atoms with Crippen molar-refractivity contribution >= 4 is 17.0 Å².